The quantitative estimate of drug-likeness (QED) is 0.879. The molecule has 1 fully saturated rings. The Hall–Kier alpha value is -1.13. The normalized spacial score (nSPS) is 17.5. The van der Waals surface area contributed by atoms with Crippen LogP contribution in [0, 0.1) is 6.92 Å². The summed E-state index contributed by atoms with van der Waals surface area (Å²) < 4.78 is 0. The lowest BCUT2D eigenvalue weighted by molar-refractivity contribution is 0.209. The van der Waals surface area contributed by atoms with Crippen molar-refractivity contribution in [2.75, 3.05) is 31.1 Å². The van der Waals surface area contributed by atoms with E-state index in [-0.39, 0.29) is 6.61 Å². The largest absolute Gasteiger partial charge is 0.392 e. The second-order valence-corrected chi connectivity index (χ2v) is 5.26. The lowest BCUT2D eigenvalue weighted by atomic mass is 10.2. The van der Waals surface area contributed by atoms with Crippen LogP contribution in [0.4, 0.5) is 5.82 Å². The van der Waals surface area contributed by atoms with E-state index < -0.39 is 0 Å². The average Bonchev–Trinajstić information content (AvgIpc) is 2.38. The number of piperazine rings is 1. The van der Waals surface area contributed by atoms with E-state index in [1.807, 2.05) is 6.07 Å². The summed E-state index contributed by atoms with van der Waals surface area (Å²) in [7, 11) is 0. The summed E-state index contributed by atoms with van der Waals surface area (Å²) in [6.07, 6.45) is 1.77. The SMILES string of the molecule is Cc1cc(CO)cnc1N1CCN(C(C)C)CC1. The molecule has 0 spiro atoms. The lowest BCUT2D eigenvalue weighted by Crippen LogP contribution is -2.49. The van der Waals surface area contributed by atoms with E-state index in [4.69, 9.17) is 5.11 Å². The molecule has 0 unspecified atom stereocenters. The molecule has 0 aromatic carbocycles. The number of nitrogens with zero attached hydrogens (tertiary/aromatic N) is 3. The Morgan fingerprint density at radius 2 is 1.94 bits per heavy atom. The molecule has 0 bridgehead atoms. The number of aryl methyl sites for hydroxylation is 1. The molecular weight excluding hydrogens is 226 g/mol. The van der Waals surface area contributed by atoms with Crippen molar-refractivity contribution >= 4 is 5.82 Å². The predicted molar refractivity (Wildman–Crippen MR) is 73.8 cm³/mol. The molecule has 0 amide bonds. The van der Waals surface area contributed by atoms with Crippen LogP contribution >= 0.6 is 0 Å². The number of aliphatic hydroxyl groups excluding tert-OH is 1. The maximum absolute atomic E-state index is 9.10. The summed E-state index contributed by atoms with van der Waals surface area (Å²) in [5.74, 6) is 1.07. The Labute approximate surface area is 109 Å². The van der Waals surface area contributed by atoms with Crippen LogP contribution in [0.1, 0.15) is 25.0 Å². The molecule has 4 heteroatoms. The smallest absolute Gasteiger partial charge is 0.131 e. The summed E-state index contributed by atoms with van der Waals surface area (Å²) in [6, 6.07) is 2.65. The van der Waals surface area contributed by atoms with E-state index in [0.717, 1.165) is 43.1 Å². The summed E-state index contributed by atoms with van der Waals surface area (Å²) >= 11 is 0. The fraction of sp³-hybridized carbons (Fsp3) is 0.643. The van der Waals surface area contributed by atoms with Gasteiger partial charge in [0.2, 0.25) is 0 Å². The van der Waals surface area contributed by atoms with E-state index >= 15 is 0 Å². The van der Waals surface area contributed by atoms with Crippen LogP contribution in [-0.2, 0) is 6.61 Å². The Balaban J connectivity index is 2.05. The van der Waals surface area contributed by atoms with Gasteiger partial charge >= 0.3 is 0 Å². The Kier molecular flexibility index (Phi) is 4.19. The van der Waals surface area contributed by atoms with Gasteiger partial charge in [-0.15, -0.1) is 0 Å². The molecule has 4 nitrogen and oxygen atoms in total. The Bertz CT molecular complexity index is 398. The number of hydrogen-bond donors (Lipinski definition) is 1. The van der Waals surface area contributed by atoms with Gasteiger partial charge in [0, 0.05) is 38.4 Å². The van der Waals surface area contributed by atoms with Gasteiger partial charge in [-0.3, -0.25) is 4.90 Å². The van der Waals surface area contributed by atoms with Crippen molar-refractivity contribution in [2.45, 2.75) is 33.4 Å². The predicted octanol–water partition coefficient (Wildman–Crippen LogP) is 1.41. The van der Waals surface area contributed by atoms with E-state index in [9.17, 15) is 0 Å². The topological polar surface area (TPSA) is 39.6 Å². The van der Waals surface area contributed by atoms with Gasteiger partial charge in [-0.1, -0.05) is 0 Å². The number of pyridine rings is 1. The summed E-state index contributed by atoms with van der Waals surface area (Å²) in [5.41, 5.74) is 2.04. The van der Waals surface area contributed by atoms with Crippen molar-refractivity contribution in [1.82, 2.24) is 9.88 Å². The van der Waals surface area contributed by atoms with E-state index in [2.05, 4.69) is 35.6 Å². The average molecular weight is 249 g/mol. The van der Waals surface area contributed by atoms with Crippen molar-refractivity contribution in [1.29, 1.82) is 0 Å². The van der Waals surface area contributed by atoms with Gasteiger partial charge < -0.3 is 10.0 Å². The van der Waals surface area contributed by atoms with Crippen LogP contribution in [0.2, 0.25) is 0 Å². The minimum Gasteiger partial charge on any atom is -0.392 e. The van der Waals surface area contributed by atoms with Crippen molar-refractivity contribution in [3.8, 4) is 0 Å². The molecule has 0 atom stereocenters. The monoisotopic (exact) mass is 249 g/mol. The van der Waals surface area contributed by atoms with E-state index in [0.29, 0.717) is 6.04 Å². The molecule has 1 N–H and O–H groups in total. The van der Waals surface area contributed by atoms with Crippen LogP contribution in [0.25, 0.3) is 0 Å². The molecule has 18 heavy (non-hydrogen) atoms. The summed E-state index contributed by atoms with van der Waals surface area (Å²) in [6.45, 7) is 10.9. The fourth-order valence-corrected chi connectivity index (χ4v) is 2.49. The highest BCUT2D eigenvalue weighted by Gasteiger charge is 2.20. The first-order valence-corrected chi connectivity index (χ1v) is 6.67. The molecular formula is C14H23N3O. The van der Waals surface area contributed by atoms with Gasteiger partial charge in [0.1, 0.15) is 5.82 Å². The van der Waals surface area contributed by atoms with Crippen LogP contribution in [0.15, 0.2) is 12.3 Å². The maximum atomic E-state index is 9.10. The number of hydrogen-bond acceptors (Lipinski definition) is 4. The second kappa shape index (κ2) is 5.67. The van der Waals surface area contributed by atoms with Crippen molar-refractivity contribution < 1.29 is 5.11 Å². The minimum absolute atomic E-state index is 0.0647. The van der Waals surface area contributed by atoms with Gasteiger partial charge in [0.15, 0.2) is 0 Å². The van der Waals surface area contributed by atoms with Gasteiger partial charge in [0.05, 0.1) is 6.61 Å². The molecule has 100 valence electrons. The van der Waals surface area contributed by atoms with Crippen molar-refractivity contribution in [3.63, 3.8) is 0 Å². The molecule has 0 aliphatic carbocycles. The molecule has 2 heterocycles. The van der Waals surface area contributed by atoms with Gasteiger partial charge in [0.25, 0.3) is 0 Å². The van der Waals surface area contributed by atoms with Crippen molar-refractivity contribution in [2.24, 2.45) is 0 Å². The second-order valence-electron chi connectivity index (χ2n) is 5.26. The Morgan fingerprint density at radius 3 is 2.44 bits per heavy atom. The van der Waals surface area contributed by atoms with Crippen LogP contribution in [-0.4, -0.2) is 47.2 Å². The molecule has 1 aromatic heterocycles. The first kappa shape index (κ1) is 13.3. The fourth-order valence-electron chi connectivity index (χ4n) is 2.49. The number of aliphatic hydroxyl groups is 1. The van der Waals surface area contributed by atoms with Crippen LogP contribution < -0.4 is 4.90 Å². The van der Waals surface area contributed by atoms with Crippen molar-refractivity contribution in [3.05, 3.63) is 23.4 Å². The van der Waals surface area contributed by atoms with Gasteiger partial charge in [-0.2, -0.15) is 0 Å². The maximum Gasteiger partial charge on any atom is 0.131 e. The van der Waals surface area contributed by atoms with E-state index in [1.54, 1.807) is 6.20 Å². The summed E-state index contributed by atoms with van der Waals surface area (Å²) in [4.78, 5) is 9.33. The zero-order valence-corrected chi connectivity index (χ0v) is 11.6. The third kappa shape index (κ3) is 2.82. The summed E-state index contributed by atoms with van der Waals surface area (Å²) in [5, 5.41) is 9.10. The zero-order valence-electron chi connectivity index (χ0n) is 11.6. The third-order valence-electron chi connectivity index (χ3n) is 3.63. The lowest BCUT2D eigenvalue weighted by Gasteiger charge is -2.38. The van der Waals surface area contributed by atoms with E-state index in [1.165, 1.54) is 0 Å². The highest BCUT2D eigenvalue weighted by atomic mass is 16.3. The third-order valence-corrected chi connectivity index (χ3v) is 3.63. The van der Waals surface area contributed by atoms with Crippen LogP contribution in [0.3, 0.4) is 0 Å². The molecule has 0 saturated carbocycles. The first-order valence-electron chi connectivity index (χ1n) is 6.67. The molecule has 2 rings (SSSR count). The minimum atomic E-state index is 0.0647. The zero-order chi connectivity index (χ0) is 13.1. The highest BCUT2D eigenvalue weighted by molar-refractivity contribution is 5.47. The molecule has 1 aliphatic heterocycles. The standard InChI is InChI=1S/C14H23N3O/c1-11(2)16-4-6-17(7-5-16)14-12(3)8-13(10-18)9-15-14/h8-9,11,18H,4-7,10H2,1-3H3. The molecule has 1 saturated heterocycles. The Morgan fingerprint density at radius 1 is 1.28 bits per heavy atom. The first-order chi connectivity index (χ1) is 8.61. The number of anilines is 1. The van der Waals surface area contributed by atoms with Gasteiger partial charge in [-0.05, 0) is 38.0 Å². The van der Waals surface area contributed by atoms with Crippen LogP contribution in [0.5, 0.6) is 0 Å². The molecule has 0 radical (unpaired) electrons. The molecule has 1 aliphatic rings. The number of rotatable bonds is 3. The van der Waals surface area contributed by atoms with Gasteiger partial charge in [-0.25, -0.2) is 4.98 Å². The highest BCUT2D eigenvalue weighted by Crippen LogP contribution is 2.20. The number of aromatic nitrogens is 1. The molecule has 1 aromatic rings.